The fourth-order valence-corrected chi connectivity index (χ4v) is 1.67. The van der Waals surface area contributed by atoms with Gasteiger partial charge in [-0.1, -0.05) is 0 Å². The van der Waals surface area contributed by atoms with Gasteiger partial charge in [-0.05, 0) is 27.3 Å². The molecule has 1 rings (SSSR count). The van der Waals surface area contributed by atoms with E-state index in [-0.39, 0.29) is 12.0 Å². The van der Waals surface area contributed by atoms with Crippen molar-refractivity contribution in [1.82, 2.24) is 4.90 Å². The van der Waals surface area contributed by atoms with Crippen LogP contribution in [0.4, 0.5) is 0 Å². The third-order valence-corrected chi connectivity index (χ3v) is 2.49. The quantitative estimate of drug-likeness (QED) is 0.659. The third-order valence-electron chi connectivity index (χ3n) is 2.49. The van der Waals surface area contributed by atoms with E-state index in [0.717, 1.165) is 19.6 Å². The number of nitriles is 1. The van der Waals surface area contributed by atoms with Gasteiger partial charge in [0.25, 0.3) is 0 Å². The Kier molecular flexibility index (Phi) is 3.71. The molecule has 1 aliphatic rings. The molecule has 0 amide bonds. The first kappa shape index (κ1) is 10.5. The molecule has 74 valence electrons. The lowest BCUT2D eigenvalue weighted by Gasteiger charge is -2.20. The van der Waals surface area contributed by atoms with Crippen LogP contribution in [-0.2, 0) is 4.74 Å². The number of hydrogen-bond donors (Lipinski definition) is 0. The summed E-state index contributed by atoms with van der Waals surface area (Å²) in [5, 5.41) is 8.76. The lowest BCUT2D eigenvalue weighted by Crippen LogP contribution is -2.30. The minimum atomic E-state index is 0.200. The fraction of sp³-hybridized carbons (Fsp3) is 0.900. The molecule has 1 aliphatic heterocycles. The van der Waals surface area contributed by atoms with Crippen LogP contribution in [0.5, 0.6) is 0 Å². The zero-order chi connectivity index (χ0) is 9.84. The van der Waals surface area contributed by atoms with E-state index in [4.69, 9.17) is 10.00 Å². The second-order valence-corrected chi connectivity index (χ2v) is 4.04. The van der Waals surface area contributed by atoms with Crippen molar-refractivity contribution in [3.63, 3.8) is 0 Å². The van der Waals surface area contributed by atoms with Crippen molar-refractivity contribution in [1.29, 1.82) is 5.26 Å². The van der Waals surface area contributed by atoms with Gasteiger partial charge in [0.05, 0.1) is 24.7 Å². The first-order valence-electron chi connectivity index (χ1n) is 4.85. The molecule has 1 heterocycles. The summed E-state index contributed by atoms with van der Waals surface area (Å²) >= 11 is 0. The molecular formula is C10H18N2O. The van der Waals surface area contributed by atoms with E-state index in [9.17, 15) is 0 Å². The van der Waals surface area contributed by atoms with Crippen LogP contribution in [0.15, 0.2) is 0 Å². The van der Waals surface area contributed by atoms with Gasteiger partial charge in [-0.3, -0.25) is 4.90 Å². The molecule has 0 aliphatic carbocycles. The van der Waals surface area contributed by atoms with E-state index in [1.165, 1.54) is 0 Å². The van der Waals surface area contributed by atoms with Crippen molar-refractivity contribution in [3.05, 3.63) is 0 Å². The van der Waals surface area contributed by atoms with Crippen molar-refractivity contribution >= 4 is 0 Å². The molecule has 3 nitrogen and oxygen atoms in total. The SMILES string of the molecule is CC(C)OC[C@@H]1C[C@@H](C#N)CN1C. The highest BCUT2D eigenvalue weighted by molar-refractivity contribution is 4.94. The van der Waals surface area contributed by atoms with E-state index in [0.29, 0.717) is 6.04 Å². The van der Waals surface area contributed by atoms with Crippen molar-refractivity contribution in [2.45, 2.75) is 32.4 Å². The molecule has 0 spiro atoms. The second kappa shape index (κ2) is 4.59. The molecular weight excluding hydrogens is 164 g/mol. The number of likely N-dealkylation sites (tertiary alicyclic amines) is 1. The van der Waals surface area contributed by atoms with Crippen LogP contribution in [0.2, 0.25) is 0 Å². The Labute approximate surface area is 80.3 Å². The largest absolute Gasteiger partial charge is 0.377 e. The Morgan fingerprint density at radius 3 is 2.77 bits per heavy atom. The highest BCUT2D eigenvalue weighted by atomic mass is 16.5. The third kappa shape index (κ3) is 2.98. The maximum Gasteiger partial charge on any atom is 0.0669 e. The molecule has 0 aromatic carbocycles. The molecule has 0 N–H and O–H groups in total. The van der Waals surface area contributed by atoms with Gasteiger partial charge < -0.3 is 4.74 Å². The summed E-state index contributed by atoms with van der Waals surface area (Å²) in [7, 11) is 2.06. The van der Waals surface area contributed by atoms with Gasteiger partial charge >= 0.3 is 0 Å². The number of hydrogen-bond acceptors (Lipinski definition) is 3. The molecule has 13 heavy (non-hydrogen) atoms. The molecule has 1 saturated heterocycles. The lowest BCUT2D eigenvalue weighted by molar-refractivity contribution is 0.0432. The molecule has 0 saturated carbocycles. The van der Waals surface area contributed by atoms with Gasteiger partial charge in [0.2, 0.25) is 0 Å². The summed E-state index contributed by atoms with van der Waals surface area (Å²) < 4.78 is 5.54. The molecule has 0 bridgehead atoms. The highest BCUT2D eigenvalue weighted by Gasteiger charge is 2.29. The minimum Gasteiger partial charge on any atom is -0.377 e. The van der Waals surface area contributed by atoms with Gasteiger partial charge in [0, 0.05) is 12.6 Å². The number of rotatable bonds is 3. The molecule has 0 unspecified atom stereocenters. The zero-order valence-corrected chi connectivity index (χ0v) is 8.66. The zero-order valence-electron chi connectivity index (χ0n) is 8.66. The average Bonchev–Trinajstić information content (AvgIpc) is 2.43. The van der Waals surface area contributed by atoms with E-state index < -0.39 is 0 Å². The normalized spacial score (nSPS) is 29.5. The van der Waals surface area contributed by atoms with Crippen molar-refractivity contribution in [3.8, 4) is 6.07 Å². The summed E-state index contributed by atoms with van der Waals surface area (Å²) in [5.41, 5.74) is 0. The Bertz CT molecular complexity index is 198. The van der Waals surface area contributed by atoms with Crippen LogP contribution in [0, 0.1) is 17.2 Å². The minimum absolute atomic E-state index is 0.200. The van der Waals surface area contributed by atoms with Crippen LogP contribution in [0.3, 0.4) is 0 Å². The van der Waals surface area contributed by atoms with Crippen molar-refractivity contribution in [2.75, 3.05) is 20.2 Å². The molecule has 0 aromatic heterocycles. The standard InChI is InChI=1S/C10H18N2O/c1-8(2)13-7-10-4-9(5-11)6-12(10)3/h8-10H,4,6-7H2,1-3H3/t9-,10-/m0/s1. The summed E-state index contributed by atoms with van der Waals surface area (Å²) in [5.74, 6) is 0.200. The van der Waals surface area contributed by atoms with Crippen LogP contribution < -0.4 is 0 Å². The van der Waals surface area contributed by atoms with E-state index in [2.05, 4.69) is 18.0 Å². The average molecular weight is 182 g/mol. The van der Waals surface area contributed by atoms with Gasteiger partial charge in [-0.2, -0.15) is 5.26 Å². The van der Waals surface area contributed by atoms with E-state index >= 15 is 0 Å². The number of likely N-dealkylation sites (N-methyl/N-ethyl adjacent to an activating group) is 1. The van der Waals surface area contributed by atoms with Gasteiger partial charge in [-0.25, -0.2) is 0 Å². The summed E-state index contributed by atoms with van der Waals surface area (Å²) in [6.45, 7) is 5.72. The first-order chi connectivity index (χ1) is 6.13. The lowest BCUT2D eigenvalue weighted by atomic mass is 10.1. The smallest absolute Gasteiger partial charge is 0.0669 e. The van der Waals surface area contributed by atoms with Crippen LogP contribution in [-0.4, -0.2) is 37.2 Å². The second-order valence-electron chi connectivity index (χ2n) is 4.04. The summed E-state index contributed by atoms with van der Waals surface area (Å²) in [4.78, 5) is 2.22. The van der Waals surface area contributed by atoms with E-state index in [1.54, 1.807) is 0 Å². The van der Waals surface area contributed by atoms with Crippen molar-refractivity contribution in [2.24, 2.45) is 5.92 Å². The highest BCUT2D eigenvalue weighted by Crippen LogP contribution is 2.21. The first-order valence-corrected chi connectivity index (χ1v) is 4.85. The molecule has 0 radical (unpaired) electrons. The monoisotopic (exact) mass is 182 g/mol. The Balaban J connectivity index is 2.31. The Morgan fingerprint density at radius 1 is 1.62 bits per heavy atom. The van der Waals surface area contributed by atoms with Crippen molar-refractivity contribution < 1.29 is 4.74 Å². The maximum atomic E-state index is 8.76. The molecule has 1 fully saturated rings. The van der Waals surface area contributed by atoms with Gasteiger partial charge in [0.1, 0.15) is 0 Å². The molecule has 0 aromatic rings. The van der Waals surface area contributed by atoms with E-state index in [1.807, 2.05) is 13.8 Å². The summed E-state index contributed by atoms with van der Waals surface area (Å²) in [6.07, 6.45) is 1.24. The van der Waals surface area contributed by atoms with Crippen LogP contribution in [0.25, 0.3) is 0 Å². The fourth-order valence-electron chi connectivity index (χ4n) is 1.67. The predicted octanol–water partition coefficient (Wildman–Crippen LogP) is 1.26. The number of ether oxygens (including phenoxy) is 1. The maximum absolute atomic E-state index is 8.76. The Morgan fingerprint density at radius 2 is 2.31 bits per heavy atom. The summed E-state index contributed by atoms with van der Waals surface area (Å²) in [6, 6.07) is 2.75. The van der Waals surface area contributed by atoms with Crippen LogP contribution >= 0.6 is 0 Å². The molecule has 3 heteroatoms. The van der Waals surface area contributed by atoms with Gasteiger partial charge in [0.15, 0.2) is 0 Å². The van der Waals surface area contributed by atoms with Crippen LogP contribution in [0.1, 0.15) is 20.3 Å². The number of nitrogens with zero attached hydrogens (tertiary/aromatic N) is 2. The Hall–Kier alpha value is -0.590. The van der Waals surface area contributed by atoms with Gasteiger partial charge in [-0.15, -0.1) is 0 Å². The predicted molar refractivity (Wildman–Crippen MR) is 51.2 cm³/mol. The molecule has 2 atom stereocenters. The topological polar surface area (TPSA) is 36.3 Å².